The summed E-state index contributed by atoms with van der Waals surface area (Å²) in [7, 11) is 0. The quantitative estimate of drug-likeness (QED) is 0.919. The number of nitrogens with zero attached hydrogens (tertiary/aromatic N) is 3. The van der Waals surface area contributed by atoms with Gasteiger partial charge in [0, 0.05) is 4.47 Å². The monoisotopic (exact) mass is 281 g/mol. The summed E-state index contributed by atoms with van der Waals surface area (Å²) < 4.78 is 2.54. The molecule has 0 saturated carbocycles. The number of benzene rings is 1. The molecule has 1 aromatic carbocycles. The number of halogens is 1. The van der Waals surface area contributed by atoms with Crippen LogP contribution in [0.15, 0.2) is 34.9 Å². The third kappa shape index (κ3) is 2.01. The second kappa shape index (κ2) is 3.99. The summed E-state index contributed by atoms with van der Waals surface area (Å²) in [4.78, 5) is 0. The van der Waals surface area contributed by atoms with E-state index in [1.807, 2.05) is 24.3 Å². The fraction of sp³-hybridized carbons (Fsp3) is 0.273. The molecule has 2 aromatic rings. The Bertz CT molecular complexity index is 502. The molecule has 1 heterocycles. The van der Waals surface area contributed by atoms with Gasteiger partial charge >= 0.3 is 0 Å². The summed E-state index contributed by atoms with van der Waals surface area (Å²) in [5.74, 6) is 0. The predicted molar refractivity (Wildman–Crippen MR) is 64.3 cm³/mol. The van der Waals surface area contributed by atoms with Crippen LogP contribution in [0.5, 0.6) is 0 Å². The highest BCUT2D eigenvalue weighted by Crippen LogP contribution is 2.25. The molecule has 4 nitrogen and oxygen atoms in total. The second-order valence-electron chi connectivity index (χ2n) is 4.04. The third-order valence-electron chi connectivity index (χ3n) is 2.26. The van der Waals surface area contributed by atoms with Crippen molar-refractivity contribution in [1.29, 1.82) is 0 Å². The van der Waals surface area contributed by atoms with Crippen molar-refractivity contribution in [3.8, 4) is 5.69 Å². The first-order valence-corrected chi connectivity index (χ1v) is 5.68. The van der Waals surface area contributed by atoms with E-state index in [4.69, 9.17) is 0 Å². The summed E-state index contributed by atoms with van der Waals surface area (Å²) >= 11 is 3.45. The van der Waals surface area contributed by atoms with E-state index in [1.165, 1.54) is 0 Å². The SMILES string of the molecule is CC(C)(O)c1cnnn1-c1ccccc1Br. The number of hydrogen-bond acceptors (Lipinski definition) is 3. The Balaban J connectivity index is 2.58. The van der Waals surface area contributed by atoms with E-state index >= 15 is 0 Å². The molecule has 0 aliphatic rings. The van der Waals surface area contributed by atoms with Crippen LogP contribution in [-0.4, -0.2) is 20.1 Å². The van der Waals surface area contributed by atoms with Gasteiger partial charge in [-0.3, -0.25) is 0 Å². The fourth-order valence-corrected chi connectivity index (χ4v) is 1.91. The molecule has 1 N–H and O–H groups in total. The van der Waals surface area contributed by atoms with E-state index in [1.54, 1.807) is 24.7 Å². The Morgan fingerprint density at radius 1 is 1.31 bits per heavy atom. The molecule has 0 fully saturated rings. The molecule has 0 spiro atoms. The van der Waals surface area contributed by atoms with Crippen LogP contribution in [0.25, 0.3) is 5.69 Å². The van der Waals surface area contributed by atoms with Gasteiger partial charge in [-0.25, -0.2) is 4.68 Å². The minimum atomic E-state index is -0.973. The Morgan fingerprint density at radius 2 is 2.00 bits per heavy atom. The average Bonchev–Trinajstić information content (AvgIpc) is 2.66. The van der Waals surface area contributed by atoms with Gasteiger partial charge in [0.25, 0.3) is 0 Å². The summed E-state index contributed by atoms with van der Waals surface area (Å²) in [6.45, 7) is 3.41. The van der Waals surface area contributed by atoms with Gasteiger partial charge in [0.05, 0.1) is 17.6 Å². The standard InChI is InChI=1S/C11H12BrN3O/c1-11(2,16)10-7-13-14-15(10)9-6-4-3-5-8(9)12/h3-7,16H,1-2H3. The Labute approximate surface area is 102 Å². The molecular weight excluding hydrogens is 270 g/mol. The highest BCUT2D eigenvalue weighted by Gasteiger charge is 2.23. The van der Waals surface area contributed by atoms with Crippen LogP contribution in [0, 0.1) is 0 Å². The molecule has 0 bridgehead atoms. The van der Waals surface area contributed by atoms with Gasteiger partial charge in [0.1, 0.15) is 5.60 Å². The lowest BCUT2D eigenvalue weighted by Gasteiger charge is -2.18. The number of aliphatic hydroxyl groups is 1. The molecule has 84 valence electrons. The average molecular weight is 282 g/mol. The maximum absolute atomic E-state index is 9.99. The number of hydrogen-bond donors (Lipinski definition) is 1. The first kappa shape index (κ1) is 11.3. The van der Waals surface area contributed by atoms with Gasteiger partial charge in [-0.05, 0) is 41.9 Å². The molecule has 0 atom stereocenters. The van der Waals surface area contributed by atoms with Gasteiger partial charge < -0.3 is 5.11 Å². The van der Waals surface area contributed by atoms with Gasteiger partial charge in [0.2, 0.25) is 0 Å². The Hall–Kier alpha value is -1.20. The fourth-order valence-electron chi connectivity index (χ4n) is 1.45. The van der Waals surface area contributed by atoms with Crippen LogP contribution in [0.4, 0.5) is 0 Å². The largest absolute Gasteiger partial charge is 0.384 e. The van der Waals surface area contributed by atoms with E-state index < -0.39 is 5.60 Å². The van der Waals surface area contributed by atoms with Crippen molar-refractivity contribution in [2.45, 2.75) is 19.4 Å². The van der Waals surface area contributed by atoms with Crippen molar-refractivity contribution in [2.24, 2.45) is 0 Å². The van der Waals surface area contributed by atoms with E-state index in [-0.39, 0.29) is 0 Å². The lowest BCUT2D eigenvalue weighted by atomic mass is 10.1. The molecule has 0 radical (unpaired) electrons. The summed E-state index contributed by atoms with van der Waals surface area (Å²) in [5.41, 5.74) is 0.537. The zero-order valence-corrected chi connectivity index (χ0v) is 10.6. The van der Waals surface area contributed by atoms with Crippen molar-refractivity contribution in [1.82, 2.24) is 15.0 Å². The van der Waals surface area contributed by atoms with Crippen LogP contribution in [0.3, 0.4) is 0 Å². The van der Waals surface area contributed by atoms with Crippen LogP contribution >= 0.6 is 15.9 Å². The zero-order chi connectivity index (χ0) is 11.8. The van der Waals surface area contributed by atoms with Crippen LogP contribution in [-0.2, 0) is 5.60 Å². The van der Waals surface area contributed by atoms with Crippen LogP contribution in [0.2, 0.25) is 0 Å². The van der Waals surface area contributed by atoms with Crippen molar-refractivity contribution in [2.75, 3.05) is 0 Å². The number of aromatic nitrogens is 3. The maximum atomic E-state index is 9.99. The van der Waals surface area contributed by atoms with Gasteiger partial charge in [-0.2, -0.15) is 0 Å². The maximum Gasteiger partial charge on any atom is 0.103 e. The molecule has 0 amide bonds. The summed E-state index contributed by atoms with van der Waals surface area (Å²) in [5, 5.41) is 17.8. The van der Waals surface area contributed by atoms with Crippen LogP contribution < -0.4 is 0 Å². The Kier molecular flexibility index (Phi) is 2.82. The summed E-state index contributed by atoms with van der Waals surface area (Å²) in [6, 6.07) is 7.67. The molecule has 1 aromatic heterocycles. The second-order valence-corrected chi connectivity index (χ2v) is 4.90. The molecule has 16 heavy (non-hydrogen) atoms. The molecule has 0 saturated heterocycles. The molecule has 2 rings (SSSR count). The summed E-state index contributed by atoms with van der Waals surface area (Å²) in [6.07, 6.45) is 1.57. The lowest BCUT2D eigenvalue weighted by Crippen LogP contribution is -2.20. The first-order valence-electron chi connectivity index (χ1n) is 4.88. The van der Waals surface area contributed by atoms with E-state index in [2.05, 4.69) is 26.2 Å². The van der Waals surface area contributed by atoms with Gasteiger partial charge in [-0.15, -0.1) is 5.10 Å². The van der Waals surface area contributed by atoms with Crippen LogP contribution in [0.1, 0.15) is 19.5 Å². The molecular formula is C11H12BrN3O. The van der Waals surface area contributed by atoms with Gasteiger partial charge in [0.15, 0.2) is 0 Å². The molecule has 0 aliphatic heterocycles. The highest BCUT2D eigenvalue weighted by atomic mass is 79.9. The van der Waals surface area contributed by atoms with Gasteiger partial charge in [-0.1, -0.05) is 17.3 Å². The lowest BCUT2D eigenvalue weighted by molar-refractivity contribution is 0.0711. The number of rotatable bonds is 2. The first-order chi connectivity index (χ1) is 7.50. The third-order valence-corrected chi connectivity index (χ3v) is 2.93. The van der Waals surface area contributed by atoms with Crippen molar-refractivity contribution < 1.29 is 5.11 Å². The minimum absolute atomic E-state index is 0.652. The predicted octanol–water partition coefficient (Wildman–Crippen LogP) is 2.26. The number of para-hydroxylation sites is 1. The molecule has 0 unspecified atom stereocenters. The zero-order valence-electron chi connectivity index (χ0n) is 9.05. The smallest absolute Gasteiger partial charge is 0.103 e. The Morgan fingerprint density at radius 3 is 2.62 bits per heavy atom. The van der Waals surface area contributed by atoms with Crippen molar-refractivity contribution in [3.63, 3.8) is 0 Å². The van der Waals surface area contributed by atoms with E-state index in [0.717, 1.165) is 10.2 Å². The molecule has 0 aliphatic carbocycles. The topological polar surface area (TPSA) is 50.9 Å². The normalized spacial score (nSPS) is 11.8. The van der Waals surface area contributed by atoms with E-state index in [9.17, 15) is 5.11 Å². The molecule has 5 heteroatoms. The van der Waals surface area contributed by atoms with Crippen molar-refractivity contribution >= 4 is 15.9 Å². The minimum Gasteiger partial charge on any atom is -0.384 e. The van der Waals surface area contributed by atoms with Crippen molar-refractivity contribution in [3.05, 3.63) is 40.6 Å². The highest BCUT2D eigenvalue weighted by molar-refractivity contribution is 9.10. The van der Waals surface area contributed by atoms with E-state index in [0.29, 0.717) is 5.69 Å².